The third kappa shape index (κ3) is 2.24. The number of hydrogen-bond acceptors (Lipinski definition) is 1. The molecular weight excluding hydrogens is 256 g/mol. The topological polar surface area (TPSA) is 26.0 Å². The Labute approximate surface area is 109 Å². The molecule has 1 atom stereocenters. The van der Waals surface area contributed by atoms with Gasteiger partial charge in [0.2, 0.25) is 0 Å². The van der Waals surface area contributed by atoms with Crippen molar-refractivity contribution in [2.24, 2.45) is 5.73 Å². The fourth-order valence-corrected chi connectivity index (χ4v) is 2.11. The number of hydrogen-bond donors (Lipinski definition) is 1. The summed E-state index contributed by atoms with van der Waals surface area (Å²) < 4.78 is 27.3. The van der Waals surface area contributed by atoms with Gasteiger partial charge in [-0.3, -0.25) is 0 Å². The standard InChI is InChI=1S/C14H12ClF2N/c1-8-9(4-2-5-10(8)15)14(18)13-11(16)6-3-7-12(13)17/h2-7,14H,18H2,1H3. The molecule has 0 heterocycles. The maximum atomic E-state index is 13.7. The molecule has 0 spiro atoms. The summed E-state index contributed by atoms with van der Waals surface area (Å²) in [5.74, 6) is -1.30. The zero-order valence-corrected chi connectivity index (χ0v) is 10.5. The number of halogens is 3. The van der Waals surface area contributed by atoms with Crippen LogP contribution in [0.25, 0.3) is 0 Å². The molecule has 2 aromatic carbocycles. The molecule has 0 saturated heterocycles. The summed E-state index contributed by atoms with van der Waals surface area (Å²) in [6.45, 7) is 1.77. The molecule has 2 rings (SSSR count). The number of nitrogens with two attached hydrogens (primary N) is 1. The Balaban J connectivity index is 2.55. The lowest BCUT2D eigenvalue weighted by atomic mass is 9.95. The first-order valence-electron chi connectivity index (χ1n) is 5.47. The quantitative estimate of drug-likeness (QED) is 0.875. The average Bonchev–Trinajstić information content (AvgIpc) is 2.32. The lowest BCUT2D eigenvalue weighted by molar-refractivity contribution is 0.543. The molecule has 0 aromatic heterocycles. The van der Waals surface area contributed by atoms with Crippen molar-refractivity contribution >= 4 is 11.6 Å². The molecule has 0 radical (unpaired) electrons. The second kappa shape index (κ2) is 5.04. The highest BCUT2D eigenvalue weighted by molar-refractivity contribution is 6.31. The van der Waals surface area contributed by atoms with Crippen LogP contribution in [0.5, 0.6) is 0 Å². The molecule has 0 aliphatic heterocycles. The summed E-state index contributed by atoms with van der Waals surface area (Å²) in [5.41, 5.74) is 7.16. The maximum absolute atomic E-state index is 13.7. The zero-order valence-electron chi connectivity index (χ0n) is 9.75. The van der Waals surface area contributed by atoms with Crippen molar-refractivity contribution in [1.29, 1.82) is 0 Å². The normalized spacial score (nSPS) is 12.5. The van der Waals surface area contributed by atoms with Crippen LogP contribution in [0.15, 0.2) is 36.4 Å². The Hall–Kier alpha value is -1.45. The molecule has 0 fully saturated rings. The summed E-state index contributed by atoms with van der Waals surface area (Å²) in [5, 5.41) is 0.527. The van der Waals surface area contributed by atoms with Crippen molar-refractivity contribution in [2.45, 2.75) is 13.0 Å². The molecule has 0 saturated carbocycles. The second-order valence-electron chi connectivity index (χ2n) is 4.07. The predicted octanol–water partition coefficient (Wildman–Crippen LogP) is 3.97. The summed E-state index contributed by atoms with van der Waals surface area (Å²) >= 11 is 5.98. The first-order chi connectivity index (χ1) is 8.52. The Morgan fingerprint density at radius 3 is 2.22 bits per heavy atom. The van der Waals surface area contributed by atoms with Crippen LogP contribution in [0.2, 0.25) is 5.02 Å². The first kappa shape index (κ1) is 13.0. The van der Waals surface area contributed by atoms with E-state index in [0.717, 1.165) is 5.56 Å². The Morgan fingerprint density at radius 1 is 1.06 bits per heavy atom. The minimum absolute atomic E-state index is 0.136. The molecular formula is C14H12ClF2N. The summed E-state index contributed by atoms with van der Waals surface area (Å²) in [6.07, 6.45) is 0. The fraction of sp³-hybridized carbons (Fsp3) is 0.143. The molecule has 0 amide bonds. The van der Waals surface area contributed by atoms with Gasteiger partial charge in [0.15, 0.2) is 0 Å². The van der Waals surface area contributed by atoms with Gasteiger partial charge in [0.1, 0.15) is 11.6 Å². The zero-order chi connectivity index (χ0) is 13.3. The Kier molecular flexibility index (Phi) is 3.64. The first-order valence-corrected chi connectivity index (χ1v) is 5.84. The van der Waals surface area contributed by atoms with E-state index in [2.05, 4.69) is 0 Å². The van der Waals surface area contributed by atoms with Gasteiger partial charge >= 0.3 is 0 Å². The largest absolute Gasteiger partial charge is 0.320 e. The van der Waals surface area contributed by atoms with E-state index < -0.39 is 17.7 Å². The highest BCUT2D eigenvalue weighted by atomic mass is 35.5. The van der Waals surface area contributed by atoms with Crippen LogP contribution in [-0.4, -0.2) is 0 Å². The van der Waals surface area contributed by atoms with Crippen LogP contribution in [0.4, 0.5) is 8.78 Å². The monoisotopic (exact) mass is 267 g/mol. The Bertz CT molecular complexity index is 564. The summed E-state index contributed by atoms with van der Waals surface area (Å²) in [6, 6.07) is 7.97. The van der Waals surface area contributed by atoms with E-state index in [-0.39, 0.29) is 5.56 Å². The third-order valence-electron chi connectivity index (χ3n) is 2.96. The van der Waals surface area contributed by atoms with Gasteiger partial charge in [0.05, 0.1) is 6.04 Å². The van der Waals surface area contributed by atoms with Crippen molar-refractivity contribution in [3.05, 3.63) is 69.7 Å². The molecule has 1 unspecified atom stereocenters. The molecule has 4 heteroatoms. The highest BCUT2D eigenvalue weighted by Gasteiger charge is 2.20. The van der Waals surface area contributed by atoms with Crippen LogP contribution in [0, 0.1) is 18.6 Å². The smallest absolute Gasteiger partial charge is 0.131 e. The van der Waals surface area contributed by atoms with Crippen molar-refractivity contribution in [2.75, 3.05) is 0 Å². The molecule has 0 bridgehead atoms. The SMILES string of the molecule is Cc1c(Cl)cccc1C(N)c1c(F)cccc1F. The lowest BCUT2D eigenvalue weighted by Crippen LogP contribution is -2.16. The van der Waals surface area contributed by atoms with E-state index in [4.69, 9.17) is 17.3 Å². The molecule has 1 nitrogen and oxygen atoms in total. The maximum Gasteiger partial charge on any atom is 0.131 e. The van der Waals surface area contributed by atoms with E-state index in [0.29, 0.717) is 10.6 Å². The van der Waals surface area contributed by atoms with Gasteiger partial charge in [-0.25, -0.2) is 8.78 Å². The average molecular weight is 268 g/mol. The predicted molar refractivity (Wildman–Crippen MR) is 68.6 cm³/mol. The Morgan fingerprint density at radius 2 is 1.61 bits per heavy atom. The van der Waals surface area contributed by atoms with E-state index in [1.165, 1.54) is 18.2 Å². The molecule has 2 N–H and O–H groups in total. The fourth-order valence-electron chi connectivity index (χ4n) is 1.92. The van der Waals surface area contributed by atoms with Crippen molar-refractivity contribution in [1.82, 2.24) is 0 Å². The molecule has 0 aliphatic rings. The summed E-state index contributed by atoms with van der Waals surface area (Å²) in [7, 11) is 0. The molecule has 0 aliphatic carbocycles. The number of benzene rings is 2. The summed E-state index contributed by atoms with van der Waals surface area (Å²) in [4.78, 5) is 0. The number of rotatable bonds is 2. The van der Waals surface area contributed by atoms with Crippen LogP contribution >= 0.6 is 11.6 Å². The lowest BCUT2D eigenvalue weighted by Gasteiger charge is -2.17. The van der Waals surface area contributed by atoms with E-state index in [9.17, 15) is 8.78 Å². The second-order valence-corrected chi connectivity index (χ2v) is 4.47. The van der Waals surface area contributed by atoms with Crippen LogP contribution in [-0.2, 0) is 0 Å². The van der Waals surface area contributed by atoms with E-state index >= 15 is 0 Å². The molecule has 18 heavy (non-hydrogen) atoms. The van der Waals surface area contributed by atoms with Crippen LogP contribution < -0.4 is 5.73 Å². The van der Waals surface area contributed by atoms with Gasteiger partial charge in [-0.15, -0.1) is 0 Å². The van der Waals surface area contributed by atoms with Crippen molar-refractivity contribution in [3.8, 4) is 0 Å². The van der Waals surface area contributed by atoms with E-state index in [1.54, 1.807) is 25.1 Å². The van der Waals surface area contributed by atoms with Crippen molar-refractivity contribution < 1.29 is 8.78 Å². The van der Waals surface area contributed by atoms with E-state index in [1.807, 2.05) is 0 Å². The van der Waals surface area contributed by atoms with Crippen LogP contribution in [0.1, 0.15) is 22.7 Å². The van der Waals surface area contributed by atoms with Gasteiger partial charge < -0.3 is 5.73 Å². The minimum Gasteiger partial charge on any atom is -0.320 e. The third-order valence-corrected chi connectivity index (χ3v) is 3.36. The van der Waals surface area contributed by atoms with Gasteiger partial charge in [-0.1, -0.05) is 29.8 Å². The molecule has 2 aromatic rings. The van der Waals surface area contributed by atoms with Gasteiger partial charge in [-0.2, -0.15) is 0 Å². The van der Waals surface area contributed by atoms with Crippen LogP contribution in [0.3, 0.4) is 0 Å². The minimum atomic E-state index is -0.870. The van der Waals surface area contributed by atoms with Gasteiger partial charge in [0, 0.05) is 10.6 Å². The highest BCUT2D eigenvalue weighted by Crippen LogP contribution is 2.29. The van der Waals surface area contributed by atoms with Gasteiger partial charge in [0.25, 0.3) is 0 Å². The molecule has 94 valence electrons. The van der Waals surface area contributed by atoms with Gasteiger partial charge in [-0.05, 0) is 36.2 Å². The van der Waals surface area contributed by atoms with Crippen molar-refractivity contribution in [3.63, 3.8) is 0 Å².